The Kier molecular flexibility index (Phi) is 2.05. The molecule has 1 aliphatic heterocycles. The SMILES string of the molecule is c1cc(C2=NCCCC2)c2cc[nH]c2c1. The molecule has 2 nitrogen and oxygen atoms in total. The third kappa shape index (κ3) is 1.46. The van der Waals surface area contributed by atoms with Crippen LogP contribution in [0, 0.1) is 0 Å². The summed E-state index contributed by atoms with van der Waals surface area (Å²) >= 11 is 0. The van der Waals surface area contributed by atoms with E-state index >= 15 is 0 Å². The Morgan fingerprint density at radius 3 is 3.00 bits per heavy atom. The van der Waals surface area contributed by atoms with Gasteiger partial charge in [-0.15, -0.1) is 0 Å². The monoisotopic (exact) mass is 198 g/mol. The number of nitrogens with one attached hydrogen (secondary N) is 1. The standard InChI is InChI=1S/C13H14N2/c1-2-8-14-12(5-1)10-4-3-6-13-11(10)7-9-15-13/h3-4,6-7,9,15H,1-2,5,8H2. The van der Waals surface area contributed by atoms with Crippen molar-refractivity contribution in [3.05, 3.63) is 36.0 Å². The minimum atomic E-state index is 0.996. The van der Waals surface area contributed by atoms with Gasteiger partial charge in [-0.25, -0.2) is 0 Å². The molecule has 0 saturated carbocycles. The maximum atomic E-state index is 4.63. The number of hydrogen-bond acceptors (Lipinski definition) is 1. The van der Waals surface area contributed by atoms with Crippen LogP contribution in [0.25, 0.3) is 10.9 Å². The highest BCUT2D eigenvalue weighted by molar-refractivity contribution is 6.10. The Hall–Kier alpha value is -1.57. The zero-order chi connectivity index (χ0) is 10.1. The molecule has 0 fully saturated rings. The van der Waals surface area contributed by atoms with Gasteiger partial charge < -0.3 is 4.98 Å². The molecule has 76 valence electrons. The normalized spacial score (nSPS) is 16.7. The zero-order valence-electron chi connectivity index (χ0n) is 8.66. The minimum Gasteiger partial charge on any atom is -0.361 e. The van der Waals surface area contributed by atoms with E-state index in [0.29, 0.717) is 0 Å². The molecule has 3 rings (SSSR count). The van der Waals surface area contributed by atoms with Gasteiger partial charge in [0.1, 0.15) is 0 Å². The highest BCUT2D eigenvalue weighted by Gasteiger charge is 2.10. The van der Waals surface area contributed by atoms with Crippen LogP contribution in [0.15, 0.2) is 35.5 Å². The van der Waals surface area contributed by atoms with Crippen LogP contribution in [-0.4, -0.2) is 17.2 Å². The van der Waals surface area contributed by atoms with E-state index in [1.54, 1.807) is 0 Å². The molecule has 1 N–H and O–H groups in total. The van der Waals surface area contributed by atoms with Crippen molar-refractivity contribution in [3.8, 4) is 0 Å². The number of aromatic amines is 1. The first-order valence-electron chi connectivity index (χ1n) is 5.55. The van der Waals surface area contributed by atoms with E-state index in [-0.39, 0.29) is 0 Å². The second-order valence-electron chi connectivity index (χ2n) is 4.03. The molecule has 0 aliphatic carbocycles. The molecule has 0 saturated heterocycles. The fraction of sp³-hybridized carbons (Fsp3) is 0.308. The number of aromatic nitrogens is 1. The van der Waals surface area contributed by atoms with Gasteiger partial charge in [0.05, 0.1) is 0 Å². The largest absolute Gasteiger partial charge is 0.361 e. The number of fused-ring (bicyclic) bond motifs is 1. The van der Waals surface area contributed by atoms with Gasteiger partial charge in [0.2, 0.25) is 0 Å². The molecule has 0 unspecified atom stereocenters. The second-order valence-corrected chi connectivity index (χ2v) is 4.03. The summed E-state index contributed by atoms with van der Waals surface area (Å²) in [6, 6.07) is 8.54. The molecule has 0 bridgehead atoms. The molecular formula is C13H14N2. The Morgan fingerprint density at radius 1 is 1.13 bits per heavy atom. The van der Waals surface area contributed by atoms with Crippen molar-refractivity contribution in [2.45, 2.75) is 19.3 Å². The first-order chi connectivity index (χ1) is 7.45. The molecule has 0 spiro atoms. The van der Waals surface area contributed by atoms with Crippen molar-refractivity contribution in [2.75, 3.05) is 6.54 Å². The van der Waals surface area contributed by atoms with Crippen LogP contribution < -0.4 is 0 Å². The van der Waals surface area contributed by atoms with Crippen molar-refractivity contribution >= 4 is 16.6 Å². The van der Waals surface area contributed by atoms with Crippen LogP contribution in [-0.2, 0) is 0 Å². The molecule has 15 heavy (non-hydrogen) atoms. The molecule has 2 heteroatoms. The average molecular weight is 198 g/mol. The molecule has 1 aromatic carbocycles. The van der Waals surface area contributed by atoms with Gasteiger partial charge >= 0.3 is 0 Å². The van der Waals surface area contributed by atoms with Crippen LogP contribution >= 0.6 is 0 Å². The molecule has 0 atom stereocenters. The lowest BCUT2D eigenvalue weighted by atomic mass is 9.99. The summed E-state index contributed by atoms with van der Waals surface area (Å²) in [6.07, 6.45) is 5.65. The summed E-state index contributed by atoms with van der Waals surface area (Å²) in [7, 11) is 0. The number of hydrogen-bond donors (Lipinski definition) is 1. The van der Waals surface area contributed by atoms with Gasteiger partial charge in [0, 0.05) is 34.9 Å². The summed E-state index contributed by atoms with van der Waals surface area (Å²) in [6.45, 7) is 0.996. The van der Waals surface area contributed by atoms with Crippen LogP contribution in [0.4, 0.5) is 0 Å². The van der Waals surface area contributed by atoms with E-state index in [2.05, 4.69) is 34.2 Å². The second kappa shape index (κ2) is 3.54. The van der Waals surface area contributed by atoms with Crippen molar-refractivity contribution < 1.29 is 0 Å². The first kappa shape index (κ1) is 8.72. The highest BCUT2D eigenvalue weighted by atomic mass is 14.7. The van der Waals surface area contributed by atoms with Gasteiger partial charge in [0.25, 0.3) is 0 Å². The van der Waals surface area contributed by atoms with Gasteiger partial charge in [-0.2, -0.15) is 0 Å². The topological polar surface area (TPSA) is 28.1 Å². The van der Waals surface area contributed by atoms with E-state index in [1.165, 1.54) is 35.0 Å². The van der Waals surface area contributed by atoms with E-state index in [9.17, 15) is 0 Å². The van der Waals surface area contributed by atoms with E-state index in [1.807, 2.05) is 6.20 Å². The number of H-pyrrole nitrogens is 1. The Bertz CT molecular complexity index is 508. The predicted octanol–water partition coefficient (Wildman–Crippen LogP) is 3.14. The van der Waals surface area contributed by atoms with Crippen molar-refractivity contribution in [3.63, 3.8) is 0 Å². The fourth-order valence-electron chi connectivity index (χ4n) is 2.25. The third-order valence-electron chi connectivity index (χ3n) is 3.03. The molecular weight excluding hydrogens is 184 g/mol. The maximum Gasteiger partial charge on any atom is 0.0460 e. The molecule has 1 aromatic heterocycles. The average Bonchev–Trinajstić information content (AvgIpc) is 2.78. The van der Waals surface area contributed by atoms with Gasteiger partial charge in [-0.3, -0.25) is 4.99 Å². The number of aliphatic imine (C=N–C) groups is 1. The molecule has 0 amide bonds. The van der Waals surface area contributed by atoms with Crippen LogP contribution in [0.1, 0.15) is 24.8 Å². The smallest absolute Gasteiger partial charge is 0.0460 e. The number of nitrogens with zero attached hydrogens (tertiary/aromatic N) is 1. The minimum absolute atomic E-state index is 0.996. The summed E-state index contributed by atoms with van der Waals surface area (Å²) in [5.74, 6) is 0. The Labute approximate surface area is 89.0 Å². The predicted molar refractivity (Wildman–Crippen MR) is 63.6 cm³/mol. The zero-order valence-corrected chi connectivity index (χ0v) is 8.66. The lowest BCUT2D eigenvalue weighted by Gasteiger charge is -2.12. The van der Waals surface area contributed by atoms with Crippen molar-refractivity contribution in [1.29, 1.82) is 0 Å². The van der Waals surface area contributed by atoms with Gasteiger partial charge in [-0.1, -0.05) is 12.1 Å². The van der Waals surface area contributed by atoms with Crippen molar-refractivity contribution in [1.82, 2.24) is 4.98 Å². The van der Waals surface area contributed by atoms with Gasteiger partial charge in [0.15, 0.2) is 0 Å². The quantitative estimate of drug-likeness (QED) is 0.729. The first-order valence-corrected chi connectivity index (χ1v) is 5.55. The fourth-order valence-corrected chi connectivity index (χ4v) is 2.25. The third-order valence-corrected chi connectivity index (χ3v) is 3.03. The maximum absolute atomic E-state index is 4.63. The molecule has 1 aliphatic rings. The summed E-state index contributed by atoms with van der Waals surface area (Å²) < 4.78 is 0. The van der Waals surface area contributed by atoms with Crippen LogP contribution in [0.2, 0.25) is 0 Å². The van der Waals surface area contributed by atoms with E-state index in [4.69, 9.17) is 0 Å². The molecule has 2 aromatic rings. The highest BCUT2D eigenvalue weighted by Crippen LogP contribution is 2.21. The summed E-state index contributed by atoms with van der Waals surface area (Å²) in [5, 5.41) is 1.30. The lowest BCUT2D eigenvalue weighted by molar-refractivity contribution is 0.739. The van der Waals surface area contributed by atoms with Crippen molar-refractivity contribution in [2.24, 2.45) is 4.99 Å². The van der Waals surface area contributed by atoms with E-state index < -0.39 is 0 Å². The number of benzene rings is 1. The van der Waals surface area contributed by atoms with Crippen LogP contribution in [0.3, 0.4) is 0 Å². The molecule has 2 heterocycles. The van der Waals surface area contributed by atoms with Gasteiger partial charge in [-0.05, 0) is 31.4 Å². The number of rotatable bonds is 1. The Morgan fingerprint density at radius 2 is 2.13 bits per heavy atom. The summed E-state index contributed by atoms with van der Waals surface area (Å²) in [4.78, 5) is 7.88. The Balaban J connectivity index is 2.17. The van der Waals surface area contributed by atoms with Crippen LogP contribution in [0.5, 0.6) is 0 Å². The van der Waals surface area contributed by atoms with E-state index in [0.717, 1.165) is 13.0 Å². The molecule has 0 radical (unpaired) electrons. The lowest BCUT2D eigenvalue weighted by Crippen LogP contribution is -2.07. The summed E-state index contributed by atoms with van der Waals surface area (Å²) in [5.41, 5.74) is 3.81.